The van der Waals surface area contributed by atoms with Crippen molar-refractivity contribution < 1.29 is 4.79 Å². The summed E-state index contributed by atoms with van der Waals surface area (Å²) in [7, 11) is 0. The fourth-order valence-electron chi connectivity index (χ4n) is 2.20. The van der Waals surface area contributed by atoms with E-state index in [0.29, 0.717) is 23.0 Å². The van der Waals surface area contributed by atoms with Crippen molar-refractivity contribution in [1.29, 1.82) is 0 Å². The minimum atomic E-state index is -0.0300. The van der Waals surface area contributed by atoms with Crippen molar-refractivity contribution in [2.75, 3.05) is 17.2 Å². The van der Waals surface area contributed by atoms with Crippen molar-refractivity contribution in [3.63, 3.8) is 0 Å². The molecule has 0 aliphatic rings. The van der Waals surface area contributed by atoms with Gasteiger partial charge in [-0.1, -0.05) is 29.3 Å². The number of anilines is 2. The van der Waals surface area contributed by atoms with Crippen molar-refractivity contribution >= 4 is 40.5 Å². The molecule has 0 atom stereocenters. The molecule has 0 heterocycles. The summed E-state index contributed by atoms with van der Waals surface area (Å²) in [5.41, 5.74) is 3.93. The monoisotopic (exact) mass is 336 g/mol. The third-order valence-electron chi connectivity index (χ3n) is 3.11. The first-order valence-electron chi connectivity index (χ1n) is 7.01. The molecular weight excluding hydrogens is 319 g/mol. The summed E-state index contributed by atoms with van der Waals surface area (Å²) < 4.78 is 0. The van der Waals surface area contributed by atoms with Crippen LogP contribution in [-0.4, -0.2) is 12.5 Å². The van der Waals surface area contributed by atoms with Crippen LogP contribution >= 0.6 is 23.2 Å². The van der Waals surface area contributed by atoms with E-state index in [1.54, 1.807) is 12.1 Å². The van der Waals surface area contributed by atoms with Crippen LogP contribution in [0.4, 0.5) is 11.4 Å². The van der Waals surface area contributed by atoms with E-state index in [-0.39, 0.29) is 5.91 Å². The molecule has 2 N–H and O–H groups in total. The summed E-state index contributed by atoms with van der Waals surface area (Å²) in [6.07, 6.45) is 0.368. The number of carbonyl (C=O) groups is 1. The molecule has 0 saturated carbocycles. The second kappa shape index (κ2) is 7.52. The number of carbonyl (C=O) groups excluding carboxylic acids is 1. The van der Waals surface area contributed by atoms with Gasteiger partial charge in [0.1, 0.15) is 0 Å². The Morgan fingerprint density at radius 2 is 1.64 bits per heavy atom. The predicted molar refractivity (Wildman–Crippen MR) is 94.1 cm³/mol. The lowest BCUT2D eigenvalue weighted by atomic mass is 10.1. The molecule has 2 rings (SSSR count). The molecule has 0 saturated heterocycles. The Hall–Kier alpha value is -1.71. The number of halogens is 2. The van der Waals surface area contributed by atoms with Crippen molar-refractivity contribution in [3.8, 4) is 0 Å². The zero-order chi connectivity index (χ0) is 16.1. The van der Waals surface area contributed by atoms with Crippen LogP contribution in [0, 0.1) is 13.8 Å². The van der Waals surface area contributed by atoms with Gasteiger partial charge < -0.3 is 10.6 Å². The molecule has 5 heteroatoms. The number of aryl methyl sites for hydroxylation is 2. The minimum Gasteiger partial charge on any atom is -0.384 e. The first-order valence-corrected chi connectivity index (χ1v) is 7.77. The quantitative estimate of drug-likeness (QED) is 0.801. The van der Waals surface area contributed by atoms with Crippen LogP contribution < -0.4 is 10.6 Å². The van der Waals surface area contributed by atoms with Gasteiger partial charge in [-0.15, -0.1) is 0 Å². The van der Waals surface area contributed by atoms with Gasteiger partial charge in [-0.05, 0) is 55.3 Å². The number of hydrogen-bond acceptors (Lipinski definition) is 2. The highest BCUT2D eigenvalue weighted by atomic mass is 35.5. The summed E-state index contributed by atoms with van der Waals surface area (Å²) in [5, 5.41) is 7.06. The molecule has 22 heavy (non-hydrogen) atoms. The molecule has 0 bridgehead atoms. The minimum absolute atomic E-state index is 0.0300. The summed E-state index contributed by atoms with van der Waals surface area (Å²) in [5.74, 6) is -0.0300. The topological polar surface area (TPSA) is 41.1 Å². The smallest absolute Gasteiger partial charge is 0.226 e. The number of amides is 1. The second-order valence-electron chi connectivity index (χ2n) is 5.23. The molecule has 1 amide bonds. The van der Waals surface area contributed by atoms with E-state index in [1.807, 2.05) is 32.0 Å². The van der Waals surface area contributed by atoms with Crippen LogP contribution in [0.2, 0.25) is 10.0 Å². The highest BCUT2D eigenvalue weighted by Crippen LogP contribution is 2.24. The standard InChI is InChI=1S/C17H18Cl2N2O/c1-11-7-12(2)9-14(8-11)21-17(22)5-6-20-13-3-4-15(18)16(19)10-13/h3-4,7-10,20H,5-6H2,1-2H3,(H,21,22). The van der Waals surface area contributed by atoms with E-state index >= 15 is 0 Å². The largest absolute Gasteiger partial charge is 0.384 e. The SMILES string of the molecule is Cc1cc(C)cc(NC(=O)CCNc2ccc(Cl)c(Cl)c2)c1. The summed E-state index contributed by atoms with van der Waals surface area (Å²) >= 11 is 11.8. The van der Waals surface area contributed by atoms with E-state index < -0.39 is 0 Å². The lowest BCUT2D eigenvalue weighted by Gasteiger charge is -2.09. The zero-order valence-electron chi connectivity index (χ0n) is 12.5. The Kier molecular flexibility index (Phi) is 5.69. The van der Waals surface area contributed by atoms with Gasteiger partial charge in [-0.3, -0.25) is 4.79 Å². The molecule has 0 fully saturated rings. The average molecular weight is 337 g/mol. The molecular formula is C17H18Cl2N2O. The van der Waals surface area contributed by atoms with E-state index in [9.17, 15) is 4.79 Å². The van der Waals surface area contributed by atoms with Crippen LogP contribution in [0.5, 0.6) is 0 Å². The molecule has 0 aliphatic carbocycles. The van der Waals surface area contributed by atoms with Gasteiger partial charge >= 0.3 is 0 Å². The Labute approximate surface area is 140 Å². The maximum Gasteiger partial charge on any atom is 0.226 e. The predicted octanol–water partition coefficient (Wildman–Crippen LogP) is 5.05. The van der Waals surface area contributed by atoms with Crippen molar-refractivity contribution in [2.24, 2.45) is 0 Å². The average Bonchev–Trinajstić information content (AvgIpc) is 2.41. The molecule has 2 aromatic carbocycles. The van der Waals surface area contributed by atoms with Gasteiger partial charge in [0.05, 0.1) is 10.0 Å². The maximum absolute atomic E-state index is 11.9. The fourth-order valence-corrected chi connectivity index (χ4v) is 2.49. The molecule has 0 unspecified atom stereocenters. The van der Waals surface area contributed by atoms with Crippen molar-refractivity contribution in [2.45, 2.75) is 20.3 Å². The van der Waals surface area contributed by atoms with Gasteiger partial charge in [0, 0.05) is 24.3 Å². The van der Waals surface area contributed by atoms with Gasteiger partial charge in [-0.25, -0.2) is 0 Å². The highest BCUT2D eigenvalue weighted by molar-refractivity contribution is 6.42. The first-order chi connectivity index (χ1) is 10.4. The van der Waals surface area contributed by atoms with Crippen LogP contribution in [0.25, 0.3) is 0 Å². The molecule has 0 aromatic heterocycles. The van der Waals surface area contributed by atoms with Gasteiger partial charge in [0.25, 0.3) is 0 Å². The Morgan fingerprint density at radius 1 is 0.955 bits per heavy atom. The first kappa shape index (κ1) is 16.7. The molecule has 2 aromatic rings. The van der Waals surface area contributed by atoms with Gasteiger partial charge in [0.2, 0.25) is 5.91 Å². The third-order valence-corrected chi connectivity index (χ3v) is 3.85. The Bertz CT molecular complexity index is 666. The number of benzene rings is 2. The highest BCUT2D eigenvalue weighted by Gasteiger charge is 2.04. The van der Waals surface area contributed by atoms with E-state index in [4.69, 9.17) is 23.2 Å². The summed E-state index contributed by atoms with van der Waals surface area (Å²) in [6, 6.07) is 11.3. The lowest BCUT2D eigenvalue weighted by molar-refractivity contribution is -0.115. The van der Waals surface area contributed by atoms with Crippen molar-refractivity contribution in [1.82, 2.24) is 0 Å². The fraction of sp³-hybridized carbons (Fsp3) is 0.235. The van der Waals surface area contributed by atoms with Crippen molar-refractivity contribution in [3.05, 3.63) is 57.6 Å². The number of rotatable bonds is 5. The van der Waals surface area contributed by atoms with E-state index in [0.717, 1.165) is 22.5 Å². The van der Waals surface area contributed by atoms with Crippen LogP contribution in [0.1, 0.15) is 17.5 Å². The number of hydrogen-bond donors (Lipinski definition) is 2. The maximum atomic E-state index is 11.9. The third kappa shape index (κ3) is 4.93. The van der Waals surface area contributed by atoms with E-state index in [2.05, 4.69) is 16.7 Å². The summed E-state index contributed by atoms with van der Waals surface area (Å²) in [4.78, 5) is 11.9. The second-order valence-corrected chi connectivity index (χ2v) is 6.04. The Balaban J connectivity index is 1.83. The van der Waals surface area contributed by atoms with Crippen LogP contribution in [0.15, 0.2) is 36.4 Å². The molecule has 0 radical (unpaired) electrons. The molecule has 0 aliphatic heterocycles. The van der Waals surface area contributed by atoms with Crippen LogP contribution in [-0.2, 0) is 4.79 Å². The zero-order valence-corrected chi connectivity index (χ0v) is 14.1. The molecule has 0 spiro atoms. The lowest BCUT2D eigenvalue weighted by Crippen LogP contribution is -2.16. The van der Waals surface area contributed by atoms with Crippen LogP contribution in [0.3, 0.4) is 0 Å². The van der Waals surface area contributed by atoms with Gasteiger partial charge in [0.15, 0.2) is 0 Å². The summed E-state index contributed by atoms with van der Waals surface area (Å²) in [6.45, 7) is 4.54. The molecule has 116 valence electrons. The molecule has 3 nitrogen and oxygen atoms in total. The normalized spacial score (nSPS) is 10.4. The van der Waals surface area contributed by atoms with Gasteiger partial charge in [-0.2, -0.15) is 0 Å². The number of nitrogens with one attached hydrogen (secondary N) is 2. The Morgan fingerprint density at radius 3 is 2.27 bits per heavy atom. The van der Waals surface area contributed by atoms with E-state index in [1.165, 1.54) is 0 Å².